The average molecular weight is 342 g/mol. The van der Waals surface area contributed by atoms with Crippen LogP contribution in [0.3, 0.4) is 0 Å². The van der Waals surface area contributed by atoms with Crippen LogP contribution in [0.25, 0.3) is 16.2 Å². The molecule has 0 saturated carbocycles. The van der Waals surface area contributed by atoms with Crippen LogP contribution in [0, 0.1) is 5.82 Å². The number of nitrogens with zero attached hydrogens (tertiary/aromatic N) is 3. The van der Waals surface area contributed by atoms with Crippen molar-refractivity contribution in [1.29, 1.82) is 0 Å². The number of carbonyl (C=O) groups is 1. The van der Waals surface area contributed by atoms with E-state index in [9.17, 15) is 9.18 Å². The molecule has 0 aliphatic rings. The minimum Gasteiger partial charge on any atom is -0.364 e. The van der Waals surface area contributed by atoms with Gasteiger partial charge < -0.3 is 9.84 Å². The number of hydrogen-bond acceptors (Lipinski definition) is 5. The largest absolute Gasteiger partial charge is 0.364 e. The second-order valence-corrected chi connectivity index (χ2v) is 5.92. The van der Waals surface area contributed by atoms with Gasteiger partial charge in [-0.2, -0.15) is 0 Å². The van der Waals surface area contributed by atoms with Crippen molar-refractivity contribution in [2.45, 2.75) is 6.54 Å². The zero-order valence-corrected chi connectivity index (χ0v) is 13.1. The predicted molar refractivity (Wildman–Crippen MR) is 86.1 cm³/mol. The van der Waals surface area contributed by atoms with Crippen LogP contribution in [0.15, 0.2) is 52.7 Å². The molecule has 4 aromatic rings. The molecule has 1 aromatic carbocycles. The molecule has 0 atom stereocenters. The van der Waals surface area contributed by atoms with Crippen LogP contribution < -0.4 is 5.32 Å². The van der Waals surface area contributed by atoms with E-state index in [1.54, 1.807) is 34.2 Å². The van der Waals surface area contributed by atoms with E-state index in [-0.39, 0.29) is 18.3 Å². The van der Waals surface area contributed by atoms with Gasteiger partial charge in [0.1, 0.15) is 23.5 Å². The van der Waals surface area contributed by atoms with Crippen LogP contribution in [0.4, 0.5) is 4.39 Å². The van der Waals surface area contributed by atoms with Crippen molar-refractivity contribution < 1.29 is 13.7 Å². The fourth-order valence-corrected chi connectivity index (χ4v) is 3.18. The van der Waals surface area contributed by atoms with Crippen LogP contribution in [0.2, 0.25) is 0 Å². The van der Waals surface area contributed by atoms with Gasteiger partial charge >= 0.3 is 0 Å². The molecule has 0 aliphatic carbocycles. The van der Waals surface area contributed by atoms with Crippen molar-refractivity contribution in [2.24, 2.45) is 0 Å². The first-order chi connectivity index (χ1) is 11.7. The molecular weight excluding hydrogens is 331 g/mol. The topological polar surface area (TPSA) is 72.4 Å². The predicted octanol–water partition coefficient (Wildman–Crippen LogP) is 3.12. The number of aromatic nitrogens is 3. The van der Waals surface area contributed by atoms with Gasteiger partial charge in [-0.25, -0.2) is 9.37 Å². The normalized spacial score (nSPS) is 11.0. The monoisotopic (exact) mass is 342 g/mol. The molecule has 8 heteroatoms. The Balaban J connectivity index is 1.61. The molecule has 6 nitrogen and oxygen atoms in total. The molecule has 3 aromatic heterocycles. The Kier molecular flexibility index (Phi) is 3.58. The van der Waals surface area contributed by atoms with Crippen molar-refractivity contribution in [2.75, 3.05) is 0 Å². The number of imidazole rings is 1. The maximum absolute atomic E-state index is 13.4. The van der Waals surface area contributed by atoms with E-state index in [2.05, 4.69) is 15.5 Å². The van der Waals surface area contributed by atoms with Gasteiger partial charge in [0, 0.05) is 23.2 Å². The summed E-state index contributed by atoms with van der Waals surface area (Å²) in [5.41, 5.74) is 2.39. The average Bonchev–Trinajstić information content (AvgIpc) is 3.29. The molecule has 0 spiro atoms. The molecule has 120 valence electrons. The molecule has 1 N–H and O–H groups in total. The summed E-state index contributed by atoms with van der Waals surface area (Å²) in [6.45, 7) is 0.276. The first kappa shape index (κ1) is 14.6. The Morgan fingerprint density at radius 1 is 1.38 bits per heavy atom. The summed E-state index contributed by atoms with van der Waals surface area (Å²) in [7, 11) is 0. The molecule has 3 heterocycles. The van der Waals surface area contributed by atoms with E-state index >= 15 is 0 Å². The first-order valence-electron chi connectivity index (χ1n) is 7.11. The Hall–Kier alpha value is -3.00. The van der Waals surface area contributed by atoms with E-state index in [0.29, 0.717) is 27.6 Å². The third kappa shape index (κ3) is 2.67. The quantitative estimate of drug-likeness (QED) is 0.618. The van der Waals surface area contributed by atoms with Crippen LogP contribution in [0.5, 0.6) is 0 Å². The number of fused-ring (bicyclic) bond motifs is 1. The Labute approximate surface area is 139 Å². The zero-order valence-electron chi connectivity index (χ0n) is 12.3. The number of rotatable bonds is 4. The van der Waals surface area contributed by atoms with Gasteiger partial charge in [0.2, 0.25) is 0 Å². The van der Waals surface area contributed by atoms with Gasteiger partial charge in [-0.3, -0.25) is 9.20 Å². The van der Waals surface area contributed by atoms with Gasteiger partial charge in [0.25, 0.3) is 5.91 Å². The first-order valence-corrected chi connectivity index (χ1v) is 7.98. The SMILES string of the molecule is O=C(NCc1ccon1)c1csc2nc(-c3cccc(F)c3)cn12. The Bertz CT molecular complexity index is 1010. The second kappa shape index (κ2) is 5.89. The van der Waals surface area contributed by atoms with Gasteiger partial charge in [-0.05, 0) is 12.1 Å². The number of carbonyl (C=O) groups excluding carboxylic acids is 1. The van der Waals surface area contributed by atoms with Crippen LogP contribution >= 0.6 is 11.3 Å². The molecule has 0 fully saturated rings. The molecule has 0 aliphatic heterocycles. The van der Waals surface area contributed by atoms with Crippen LogP contribution in [0.1, 0.15) is 16.2 Å². The highest BCUT2D eigenvalue weighted by atomic mass is 32.1. The maximum Gasteiger partial charge on any atom is 0.269 e. The van der Waals surface area contributed by atoms with Crippen LogP contribution in [-0.4, -0.2) is 20.4 Å². The van der Waals surface area contributed by atoms with E-state index < -0.39 is 0 Å². The number of amides is 1. The molecule has 0 radical (unpaired) electrons. The molecule has 1 amide bonds. The molecule has 0 bridgehead atoms. The van der Waals surface area contributed by atoms with Crippen molar-refractivity contribution in [3.8, 4) is 11.3 Å². The molecule has 0 unspecified atom stereocenters. The minimum absolute atomic E-state index is 0.243. The minimum atomic E-state index is -0.325. The van der Waals surface area contributed by atoms with E-state index in [0.717, 1.165) is 0 Å². The number of hydrogen-bond donors (Lipinski definition) is 1. The maximum atomic E-state index is 13.4. The highest BCUT2D eigenvalue weighted by molar-refractivity contribution is 7.15. The van der Waals surface area contributed by atoms with E-state index in [1.807, 2.05) is 0 Å². The highest BCUT2D eigenvalue weighted by Crippen LogP contribution is 2.24. The van der Waals surface area contributed by atoms with Crippen molar-refractivity contribution in [3.05, 3.63) is 65.4 Å². The number of thiazole rings is 1. The second-order valence-electron chi connectivity index (χ2n) is 5.08. The fourth-order valence-electron chi connectivity index (χ4n) is 2.32. The van der Waals surface area contributed by atoms with Gasteiger partial charge in [0.15, 0.2) is 4.96 Å². The number of halogens is 1. The Morgan fingerprint density at radius 3 is 3.08 bits per heavy atom. The zero-order chi connectivity index (χ0) is 16.5. The molecule has 4 rings (SSSR count). The lowest BCUT2D eigenvalue weighted by atomic mass is 10.2. The smallest absolute Gasteiger partial charge is 0.269 e. The standard InChI is InChI=1S/C16H11FN4O2S/c17-11-3-1-2-10(6-11)13-8-21-14(9-24-16(21)19-13)15(22)18-7-12-4-5-23-20-12/h1-6,8-9H,7H2,(H,18,22). The lowest BCUT2D eigenvalue weighted by Gasteiger charge is -2.01. The van der Waals surface area contributed by atoms with Gasteiger partial charge in [-0.1, -0.05) is 17.3 Å². The molecule has 24 heavy (non-hydrogen) atoms. The molecular formula is C16H11FN4O2S. The Morgan fingerprint density at radius 2 is 2.29 bits per heavy atom. The highest BCUT2D eigenvalue weighted by Gasteiger charge is 2.15. The number of benzene rings is 1. The van der Waals surface area contributed by atoms with E-state index in [1.165, 1.54) is 29.7 Å². The van der Waals surface area contributed by atoms with Gasteiger partial charge in [0.05, 0.1) is 12.2 Å². The number of nitrogens with one attached hydrogen (secondary N) is 1. The summed E-state index contributed by atoms with van der Waals surface area (Å²) < 4.78 is 19.8. The summed E-state index contributed by atoms with van der Waals surface area (Å²) in [6.07, 6.45) is 3.18. The van der Waals surface area contributed by atoms with Gasteiger partial charge in [-0.15, -0.1) is 11.3 Å². The van der Waals surface area contributed by atoms with Crippen molar-refractivity contribution in [1.82, 2.24) is 19.9 Å². The molecule has 0 saturated heterocycles. The third-order valence-electron chi connectivity index (χ3n) is 3.48. The summed E-state index contributed by atoms with van der Waals surface area (Å²) in [4.78, 5) is 17.5. The lowest BCUT2D eigenvalue weighted by Crippen LogP contribution is -2.24. The lowest BCUT2D eigenvalue weighted by molar-refractivity contribution is 0.0944. The van der Waals surface area contributed by atoms with E-state index in [4.69, 9.17) is 4.52 Å². The summed E-state index contributed by atoms with van der Waals surface area (Å²) in [6, 6.07) is 7.88. The summed E-state index contributed by atoms with van der Waals surface area (Å²) in [5, 5.41) is 8.25. The summed E-state index contributed by atoms with van der Waals surface area (Å²) >= 11 is 1.35. The van der Waals surface area contributed by atoms with Crippen molar-refractivity contribution >= 4 is 22.2 Å². The van der Waals surface area contributed by atoms with Crippen LogP contribution in [-0.2, 0) is 6.54 Å². The fraction of sp³-hybridized carbons (Fsp3) is 0.0625. The summed E-state index contributed by atoms with van der Waals surface area (Å²) in [5.74, 6) is -0.568. The van der Waals surface area contributed by atoms with Crippen molar-refractivity contribution in [3.63, 3.8) is 0 Å². The third-order valence-corrected chi connectivity index (χ3v) is 4.32.